The lowest BCUT2D eigenvalue weighted by Gasteiger charge is -2.41. The smallest absolute Gasteiger partial charge is 0.318 e. The predicted molar refractivity (Wildman–Crippen MR) is 529 cm³/mol. The fourth-order valence-electron chi connectivity index (χ4n) is 21.4. The lowest BCUT2D eigenvalue weighted by atomic mass is 9.97. The highest BCUT2D eigenvalue weighted by atomic mass is 35.5. The summed E-state index contributed by atoms with van der Waals surface area (Å²) < 4.78 is 33.4. The van der Waals surface area contributed by atoms with Crippen LogP contribution in [0.1, 0.15) is 109 Å². The number of nitrogens with one attached hydrogen (secondary N) is 1. The Bertz CT molecular complexity index is 5750. The minimum Gasteiger partial charge on any atom is -0.463 e. The van der Waals surface area contributed by atoms with Crippen molar-refractivity contribution in [2.45, 2.75) is 148 Å². The van der Waals surface area contributed by atoms with Crippen LogP contribution in [0.2, 0.25) is 5.02 Å². The Kier molecular flexibility index (Phi) is 30.5. The normalized spacial score (nSPS) is 21.4. The zero-order valence-electron chi connectivity index (χ0n) is 76.4. The van der Waals surface area contributed by atoms with Crippen LogP contribution in [0.15, 0.2) is 129 Å². The number of piperidine rings is 2. The standard InChI is InChI=1S/C36H43N7O2.C34H39ClFN7O2.C30H39N7O2.2H2S/c1-4-33(44)43-18-17-42(23-29(43)21-37-3)35-30-14-16-41(32-11-6-10-27-9-5-8-25(2)34(27)32)24-31(30)38-36(39-35)45-19-7-15-40-22-26-12-13-28(40)20-26;1-4-30(44)43-17-16-42(21-25(43)20-37-3)32-26-12-15-41(29-11-6-9-24-8-5-10-27(35)31(24)29)22-28(26)38-33(39-32)45-19-18-40-14-7-13-34(2,36)23-40;1-5-27(38)35-13-15-36(16-14-35)29-24-9-12-37(28-21(3)20(2)17-25-23(28)8-10-31-25)18-26(24)32-30(33-29)39-19-22-7-6-11-34(22)4;;/h4-6,8-11,26,28-29H,1,7,12-24H2,2H3;4-6,8-11,25H,1,7,12-23H2,2H3;5,8,10,17,22,31H,1,6-7,9,11-16,18-19H2,2-4H3;2*1H2/t26-,28+,29-;25-,34?;22-;;/m000../s1. The van der Waals surface area contributed by atoms with Crippen LogP contribution in [0.5, 0.6) is 18.0 Å². The zero-order valence-corrected chi connectivity index (χ0v) is 79.2. The van der Waals surface area contributed by atoms with Gasteiger partial charge in [-0.05, 0) is 200 Å². The number of aromatic nitrogens is 7. The Labute approximate surface area is 788 Å². The average molecular weight is 1840 g/mol. The third-order valence-corrected chi connectivity index (χ3v) is 28.6. The molecule has 6 saturated heterocycles. The maximum atomic E-state index is 14.6. The number of rotatable bonds is 23. The number of likely N-dealkylation sites (N-methyl/N-ethyl adjacent to an activating group) is 1. The van der Waals surface area contributed by atoms with Crippen molar-refractivity contribution in [3.63, 3.8) is 0 Å². The Morgan fingerprint density at radius 2 is 1.11 bits per heavy atom. The molecule has 10 aliphatic rings. The highest BCUT2D eigenvalue weighted by Gasteiger charge is 2.41. The van der Waals surface area contributed by atoms with Crippen molar-refractivity contribution in [3.05, 3.63) is 207 Å². The molecule has 3 amide bonds. The topological polar surface area (TPSA) is 220 Å². The third-order valence-electron chi connectivity index (χ3n) is 28.3. The Morgan fingerprint density at radius 3 is 1.67 bits per heavy atom. The van der Waals surface area contributed by atoms with Crippen molar-refractivity contribution < 1.29 is 33.0 Å². The molecule has 5 aromatic carbocycles. The number of fused-ring (bicyclic) bond motifs is 8. The van der Waals surface area contributed by atoms with Gasteiger partial charge in [-0.15, -0.1) is 0 Å². The quantitative estimate of drug-likeness (QED) is 0.0357. The van der Waals surface area contributed by atoms with Crippen molar-refractivity contribution in [3.8, 4) is 18.0 Å². The summed E-state index contributed by atoms with van der Waals surface area (Å²) in [5, 5.41) is 6.59. The molecule has 692 valence electrons. The Hall–Kier alpha value is -11.0. The SMILES string of the molecule is C=CC(=O)N1CCN(c2nc(OC[C@@H]3CCCN3C)nc3c2CCN(c2c(C)c(C)cc4[nH]ccc24)C3)CC1.S.S.[C-]#[N+]C[C@H]1CN(c2nc(OCCCN3C[C@H]4CC[C@@H]3C4)nc3c2CCN(c2cccc4cccc(C)c24)C3)CCN1C(=O)C=C.[C-]#[N+]C[C@H]1CN(c2nc(OCCN3CCCC(C)(F)C3)nc3c2CCN(c2cccc4cccc(Cl)c24)C3)CCN1C(=O)C=C. The van der Waals surface area contributed by atoms with Gasteiger partial charge in [-0.2, -0.15) is 56.9 Å². The molecular formula is C100H125ClFN21O6S2. The summed E-state index contributed by atoms with van der Waals surface area (Å²) in [7, 11) is 2.16. The molecular weight excluding hydrogens is 1710 g/mol. The lowest BCUT2D eigenvalue weighted by molar-refractivity contribution is -0.129. The van der Waals surface area contributed by atoms with Crippen LogP contribution in [-0.4, -0.2) is 276 Å². The second-order valence-corrected chi connectivity index (χ2v) is 37.0. The number of likely N-dealkylation sites (tertiary alicyclic amines) is 3. The van der Waals surface area contributed by atoms with E-state index in [9.17, 15) is 18.8 Å². The first-order valence-corrected chi connectivity index (χ1v) is 46.7. The summed E-state index contributed by atoms with van der Waals surface area (Å²) in [5.41, 5.74) is 13.7. The molecule has 0 radical (unpaired) electrons. The summed E-state index contributed by atoms with van der Waals surface area (Å²) >= 11 is 6.69. The molecule has 131 heavy (non-hydrogen) atoms. The number of ether oxygens (including phenoxy) is 3. The van der Waals surface area contributed by atoms with Crippen molar-refractivity contribution in [1.82, 2.24) is 64.3 Å². The van der Waals surface area contributed by atoms with E-state index in [0.29, 0.717) is 141 Å². The Morgan fingerprint density at radius 1 is 0.573 bits per heavy atom. The first-order chi connectivity index (χ1) is 62.7. The van der Waals surface area contributed by atoms with Gasteiger partial charge in [0.15, 0.2) is 0 Å². The summed E-state index contributed by atoms with van der Waals surface area (Å²) in [6.07, 6.45) is 17.3. The number of piperazine rings is 3. The van der Waals surface area contributed by atoms with Crippen LogP contribution in [0, 0.1) is 39.8 Å². The molecule has 7 fully saturated rings. The highest BCUT2D eigenvalue weighted by Crippen LogP contribution is 2.43. The number of anilines is 6. The van der Waals surface area contributed by atoms with Gasteiger partial charge in [0.1, 0.15) is 48.4 Å². The molecule has 4 aromatic heterocycles. The fraction of sp³-hybridized carbons (Fsp3) is 0.490. The number of aryl methyl sites for hydroxylation is 2. The van der Waals surface area contributed by atoms with Crippen LogP contribution in [0.4, 0.5) is 38.9 Å². The maximum absolute atomic E-state index is 14.6. The van der Waals surface area contributed by atoms with Crippen molar-refractivity contribution in [2.75, 3.05) is 194 Å². The number of carbonyl (C=O) groups excluding carboxylic acids is 3. The van der Waals surface area contributed by atoms with E-state index in [2.05, 4.69) is 173 Å². The van der Waals surface area contributed by atoms with Gasteiger partial charge >= 0.3 is 18.0 Å². The lowest BCUT2D eigenvalue weighted by Crippen LogP contribution is -2.56. The molecule has 1 N–H and O–H groups in total. The molecule has 2 bridgehead atoms. The van der Waals surface area contributed by atoms with Crippen LogP contribution >= 0.6 is 38.6 Å². The molecule has 27 nitrogen and oxygen atoms in total. The van der Waals surface area contributed by atoms with E-state index in [1.807, 2.05) is 29.3 Å². The van der Waals surface area contributed by atoms with Gasteiger partial charge in [-0.3, -0.25) is 24.2 Å². The molecule has 9 aromatic rings. The first kappa shape index (κ1) is 94.6. The van der Waals surface area contributed by atoms with Gasteiger partial charge in [0, 0.05) is 185 Å². The number of alkyl halides is 1. The largest absolute Gasteiger partial charge is 0.463 e. The van der Waals surface area contributed by atoms with Crippen LogP contribution in [0.3, 0.4) is 0 Å². The fourth-order valence-corrected chi connectivity index (χ4v) is 21.7. The maximum Gasteiger partial charge on any atom is 0.318 e. The van der Waals surface area contributed by atoms with E-state index in [4.69, 9.17) is 68.9 Å². The molecule has 1 saturated carbocycles. The molecule has 9 aliphatic heterocycles. The number of nitrogens with zero attached hydrogens (tertiary/aromatic N) is 20. The summed E-state index contributed by atoms with van der Waals surface area (Å²) in [6.45, 7) is 51.9. The van der Waals surface area contributed by atoms with Gasteiger partial charge in [0.05, 0.1) is 48.3 Å². The van der Waals surface area contributed by atoms with Crippen LogP contribution < -0.4 is 43.6 Å². The van der Waals surface area contributed by atoms with Gasteiger partial charge in [-0.1, -0.05) is 85.9 Å². The number of hydrogen-bond donors (Lipinski definition) is 1. The van der Waals surface area contributed by atoms with Gasteiger partial charge in [-0.25, -0.2) is 17.5 Å². The van der Waals surface area contributed by atoms with E-state index in [1.165, 1.54) is 106 Å². The van der Waals surface area contributed by atoms with Gasteiger partial charge in [0.2, 0.25) is 30.8 Å². The number of H-pyrrole nitrogens is 1. The molecule has 13 heterocycles. The molecule has 19 rings (SSSR count). The van der Waals surface area contributed by atoms with Gasteiger partial charge < -0.3 is 77.9 Å². The second-order valence-electron chi connectivity index (χ2n) is 36.6. The zero-order chi connectivity index (χ0) is 89.6. The Balaban J connectivity index is 0.000000150. The minimum atomic E-state index is -1.18. The number of aromatic amines is 1. The van der Waals surface area contributed by atoms with E-state index in [-0.39, 0.29) is 75.9 Å². The molecule has 1 aliphatic carbocycles. The van der Waals surface area contributed by atoms with E-state index in [1.54, 1.807) is 16.7 Å². The van der Waals surface area contributed by atoms with E-state index >= 15 is 0 Å². The third kappa shape index (κ3) is 20.9. The van der Waals surface area contributed by atoms with Crippen molar-refractivity contribution in [1.29, 1.82) is 0 Å². The number of halogens is 2. The second kappa shape index (κ2) is 42.3. The number of benzene rings is 5. The van der Waals surface area contributed by atoms with Crippen molar-refractivity contribution in [2.24, 2.45) is 5.92 Å². The average Bonchev–Trinajstić information content (AvgIpc) is 1.66. The number of carbonyl (C=O) groups is 3. The van der Waals surface area contributed by atoms with E-state index < -0.39 is 5.67 Å². The minimum absolute atomic E-state index is 0. The summed E-state index contributed by atoms with van der Waals surface area (Å²) in [5.74, 6) is 3.25. The summed E-state index contributed by atoms with van der Waals surface area (Å²) in [6, 6.07) is 31.4. The number of amides is 3. The first-order valence-electron chi connectivity index (χ1n) is 46.3. The summed E-state index contributed by atoms with van der Waals surface area (Å²) in [4.78, 5) is 104. The highest BCUT2D eigenvalue weighted by molar-refractivity contribution is 7.59. The number of hydrogen-bond acceptors (Lipinski definition) is 21. The van der Waals surface area contributed by atoms with Crippen LogP contribution in [0.25, 0.3) is 42.1 Å². The molecule has 0 spiro atoms. The van der Waals surface area contributed by atoms with Crippen molar-refractivity contribution >= 4 is 123 Å². The monoisotopic (exact) mass is 1830 g/mol. The predicted octanol–water partition coefficient (Wildman–Crippen LogP) is 13.7. The molecule has 1 unspecified atom stereocenters. The van der Waals surface area contributed by atoms with E-state index in [0.717, 1.165) is 159 Å². The van der Waals surface area contributed by atoms with Crippen LogP contribution in [-0.2, 0) is 53.3 Å². The molecule has 31 heteroatoms. The van der Waals surface area contributed by atoms with Gasteiger partial charge in [0.25, 0.3) is 0 Å². The molecule has 6 atom stereocenters.